The van der Waals surface area contributed by atoms with Gasteiger partial charge in [-0.2, -0.15) is 5.26 Å². The number of hydrogen-bond donors (Lipinski definition) is 0. The zero-order valence-electron chi connectivity index (χ0n) is 5.91. The molecule has 1 nitrogen and oxygen atoms in total. The quantitative estimate of drug-likeness (QED) is 0.492. The van der Waals surface area contributed by atoms with Crippen molar-refractivity contribution in [3.05, 3.63) is 24.3 Å². The molecule has 2 aliphatic carbocycles. The monoisotopic (exact) mass is 131 g/mol. The van der Waals surface area contributed by atoms with Crippen LogP contribution in [0.1, 0.15) is 6.92 Å². The molecule has 1 heteroatoms. The second kappa shape index (κ2) is 1.52. The van der Waals surface area contributed by atoms with Gasteiger partial charge in [-0.3, -0.25) is 0 Å². The fraction of sp³-hybridized carbons (Fsp3) is 0.444. The minimum Gasteiger partial charge on any atom is -0.198 e. The van der Waals surface area contributed by atoms with E-state index in [1.54, 1.807) is 0 Å². The van der Waals surface area contributed by atoms with Crippen molar-refractivity contribution in [2.45, 2.75) is 6.92 Å². The maximum atomic E-state index is 8.78. The molecule has 1 fully saturated rings. The number of fused-ring (bicyclic) bond motifs is 1. The normalized spacial score (nSPS) is 48.0. The third kappa shape index (κ3) is 0.471. The molecule has 0 heterocycles. The summed E-state index contributed by atoms with van der Waals surface area (Å²) in [5.41, 5.74) is -0.0799. The van der Waals surface area contributed by atoms with Crippen LogP contribution in [0.4, 0.5) is 0 Å². The van der Waals surface area contributed by atoms with Gasteiger partial charge < -0.3 is 0 Å². The molecule has 2 aliphatic rings. The molecule has 0 spiro atoms. The van der Waals surface area contributed by atoms with E-state index in [0.717, 1.165) is 0 Å². The Morgan fingerprint density at radius 3 is 2.20 bits per heavy atom. The molecule has 0 radical (unpaired) electrons. The van der Waals surface area contributed by atoms with Crippen molar-refractivity contribution in [1.82, 2.24) is 0 Å². The summed E-state index contributed by atoms with van der Waals surface area (Å²) in [4.78, 5) is 0. The summed E-state index contributed by atoms with van der Waals surface area (Å²) in [7, 11) is 0. The van der Waals surface area contributed by atoms with Gasteiger partial charge in [-0.1, -0.05) is 24.3 Å². The lowest BCUT2D eigenvalue weighted by molar-refractivity contribution is 0.691. The molecule has 0 aromatic rings. The predicted molar refractivity (Wildman–Crippen MR) is 39.0 cm³/mol. The van der Waals surface area contributed by atoms with E-state index in [-0.39, 0.29) is 5.41 Å². The van der Waals surface area contributed by atoms with Crippen molar-refractivity contribution in [3.63, 3.8) is 0 Å². The van der Waals surface area contributed by atoms with E-state index in [4.69, 9.17) is 5.26 Å². The van der Waals surface area contributed by atoms with Crippen LogP contribution in [0.3, 0.4) is 0 Å². The van der Waals surface area contributed by atoms with Crippen molar-refractivity contribution in [3.8, 4) is 6.07 Å². The fourth-order valence-electron chi connectivity index (χ4n) is 1.74. The van der Waals surface area contributed by atoms with E-state index in [0.29, 0.717) is 11.8 Å². The highest BCUT2D eigenvalue weighted by atomic mass is 14.6. The molecule has 3 atom stereocenters. The Morgan fingerprint density at radius 1 is 1.30 bits per heavy atom. The van der Waals surface area contributed by atoms with Crippen LogP contribution in [-0.2, 0) is 0 Å². The highest BCUT2D eigenvalue weighted by molar-refractivity contribution is 5.35. The van der Waals surface area contributed by atoms with Gasteiger partial charge in [0.25, 0.3) is 0 Å². The van der Waals surface area contributed by atoms with Crippen LogP contribution >= 0.6 is 0 Å². The first kappa shape index (κ1) is 5.73. The summed E-state index contributed by atoms with van der Waals surface area (Å²) in [5, 5.41) is 8.78. The summed E-state index contributed by atoms with van der Waals surface area (Å²) in [6, 6.07) is 2.35. The van der Waals surface area contributed by atoms with Gasteiger partial charge in [0.15, 0.2) is 0 Å². The van der Waals surface area contributed by atoms with Gasteiger partial charge in [-0.15, -0.1) is 0 Å². The van der Waals surface area contributed by atoms with Crippen molar-refractivity contribution in [1.29, 1.82) is 5.26 Å². The van der Waals surface area contributed by atoms with E-state index in [2.05, 4.69) is 18.2 Å². The van der Waals surface area contributed by atoms with Crippen molar-refractivity contribution in [2.75, 3.05) is 0 Å². The van der Waals surface area contributed by atoms with Crippen molar-refractivity contribution >= 4 is 0 Å². The first-order chi connectivity index (χ1) is 4.79. The molecule has 0 aromatic heterocycles. The zero-order valence-corrected chi connectivity index (χ0v) is 5.91. The smallest absolute Gasteiger partial charge is 0.0699 e. The summed E-state index contributed by atoms with van der Waals surface area (Å²) in [6.07, 6.45) is 8.33. The van der Waals surface area contributed by atoms with Gasteiger partial charge in [-0.05, 0) is 6.92 Å². The summed E-state index contributed by atoms with van der Waals surface area (Å²) in [6.45, 7) is 2.03. The number of hydrogen-bond acceptors (Lipinski definition) is 1. The Balaban J connectivity index is 2.32. The fourth-order valence-corrected chi connectivity index (χ4v) is 1.74. The molecule has 2 rings (SSSR count). The van der Waals surface area contributed by atoms with Gasteiger partial charge in [0, 0.05) is 11.8 Å². The van der Waals surface area contributed by atoms with E-state index in [9.17, 15) is 0 Å². The first-order valence-electron chi connectivity index (χ1n) is 3.55. The summed E-state index contributed by atoms with van der Waals surface area (Å²) in [5.74, 6) is 1.00. The minimum absolute atomic E-state index is 0.0799. The first-order valence-corrected chi connectivity index (χ1v) is 3.55. The van der Waals surface area contributed by atoms with Crippen LogP contribution in [0.2, 0.25) is 0 Å². The third-order valence-electron chi connectivity index (χ3n) is 2.65. The third-order valence-corrected chi connectivity index (χ3v) is 2.65. The molecule has 0 N–H and O–H groups in total. The number of nitriles is 1. The SMILES string of the molecule is CC1(C#N)[C@@H]2C=CC=C[C@@H]21. The molecule has 1 unspecified atom stereocenters. The van der Waals surface area contributed by atoms with Crippen LogP contribution in [0.15, 0.2) is 24.3 Å². The lowest BCUT2D eigenvalue weighted by Crippen LogP contribution is -1.90. The van der Waals surface area contributed by atoms with Crippen LogP contribution in [0.25, 0.3) is 0 Å². The molecule has 0 aromatic carbocycles. The second-order valence-electron chi connectivity index (χ2n) is 3.22. The molecule has 0 bridgehead atoms. The number of nitrogens with zero attached hydrogens (tertiary/aromatic N) is 1. The van der Waals surface area contributed by atoms with E-state index in [1.165, 1.54) is 0 Å². The topological polar surface area (TPSA) is 23.8 Å². The van der Waals surface area contributed by atoms with Gasteiger partial charge in [0.1, 0.15) is 0 Å². The molecule has 0 saturated heterocycles. The average molecular weight is 131 g/mol. The Morgan fingerprint density at radius 2 is 1.80 bits per heavy atom. The van der Waals surface area contributed by atoms with Crippen LogP contribution in [-0.4, -0.2) is 0 Å². The van der Waals surface area contributed by atoms with Gasteiger partial charge in [0.2, 0.25) is 0 Å². The highest BCUT2D eigenvalue weighted by Gasteiger charge is 2.59. The predicted octanol–water partition coefficient (Wildman–Crippen LogP) is 1.89. The molecule has 0 aliphatic heterocycles. The molecular formula is C9H9N. The largest absolute Gasteiger partial charge is 0.198 e. The van der Waals surface area contributed by atoms with Gasteiger partial charge >= 0.3 is 0 Å². The van der Waals surface area contributed by atoms with E-state index in [1.807, 2.05) is 19.1 Å². The maximum Gasteiger partial charge on any atom is 0.0699 e. The standard InChI is InChI=1S/C9H9N/c1-9(6-10)7-4-2-3-5-8(7)9/h2-5,7-8H,1H3/t7-,8+,9?. The Hall–Kier alpha value is -1.03. The molecule has 1 saturated carbocycles. The average Bonchev–Trinajstić information content (AvgIpc) is 2.60. The van der Waals surface area contributed by atoms with Crippen LogP contribution in [0.5, 0.6) is 0 Å². The van der Waals surface area contributed by atoms with E-state index >= 15 is 0 Å². The Labute approximate surface area is 60.7 Å². The summed E-state index contributed by atoms with van der Waals surface area (Å²) >= 11 is 0. The number of rotatable bonds is 0. The van der Waals surface area contributed by atoms with Gasteiger partial charge in [-0.25, -0.2) is 0 Å². The summed E-state index contributed by atoms with van der Waals surface area (Å²) < 4.78 is 0. The highest BCUT2D eigenvalue weighted by Crippen LogP contribution is 2.60. The lowest BCUT2D eigenvalue weighted by Gasteiger charge is -1.90. The van der Waals surface area contributed by atoms with E-state index < -0.39 is 0 Å². The molecule has 10 heavy (non-hydrogen) atoms. The van der Waals surface area contributed by atoms with Crippen LogP contribution < -0.4 is 0 Å². The molecule has 0 amide bonds. The van der Waals surface area contributed by atoms with Crippen molar-refractivity contribution in [2.24, 2.45) is 17.3 Å². The maximum absolute atomic E-state index is 8.78. The van der Waals surface area contributed by atoms with Crippen LogP contribution in [0, 0.1) is 28.6 Å². The van der Waals surface area contributed by atoms with Gasteiger partial charge in [0.05, 0.1) is 11.5 Å². The molecular weight excluding hydrogens is 122 g/mol. The lowest BCUT2D eigenvalue weighted by atomic mass is 10.1. The Kier molecular flexibility index (Phi) is 0.870. The zero-order chi connectivity index (χ0) is 7.19. The molecule has 50 valence electrons. The minimum atomic E-state index is -0.0799. The Bertz CT molecular complexity index is 236. The second-order valence-corrected chi connectivity index (χ2v) is 3.22. The number of allylic oxidation sites excluding steroid dienone is 4. The van der Waals surface area contributed by atoms with Crippen molar-refractivity contribution < 1.29 is 0 Å².